The smallest absolute Gasteiger partial charge is 0.291 e. The topological polar surface area (TPSA) is 52.3 Å². The van der Waals surface area contributed by atoms with Gasteiger partial charge in [-0.15, -0.1) is 0 Å². The summed E-state index contributed by atoms with van der Waals surface area (Å²) in [6.07, 6.45) is 2.19. The van der Waals surface area contributed by atoms with E-state index in [1.54, 1.807) is 0 Å². The molecule has 0 aromatic carbocycles. The van der Waals surface area contributed by atoms with Crippen molar-refractivity contribution in [3.63, 3.8) is 0 Å². The second kappa shape index (κ2) is 4.51. The van der Waals surface area contributed by atoms with Crippen LogP contribution in [0.1, 0.15) is 33.1 Å². The number of carbonyl (C=O) groups excluding carboxylic acids is 1. The molecule has 0 heterocycles. The van der Waals surface area contributed by atoms with Gasteiger partial charge in [-0.2, -0.15) is 0 Å². The van der Waals surface area contributed by atoms with E-state index in [0.717, 1.165) is 12.8 Å². The average molecular weight is 175 g/mol. The van der Waals surface area contributed by atoms with Gasteiger partial charge in [-0.3, -0.25) is 4.79 Å². The van der Waals surface area contributed by atoms with Crippen LogP contribution in [0.4, 0.5) is 0 Å². The van der Waals surface area contributed by atoms with Crippen LogP contribution >= 0.6 is 0 Å². The Hall–Kier alpha value is -0.353. The van der Waals surface area contributed by atoms with Crippen molar-refractivity contribution in [2.45, 2.75) is 38.6 Å². The van der Waals surface area contributed by atoms with Crippen molar-refractivity contribution in [2.24, 2.45) is 5.73 Å². The molecule has 0 aliphatic heterocycles. The van der Waals surface area contributed by atoms with Crippen molar-refractivity contribution in [2.75, 3.05) is 0 Å². The molecule has 0 aromatic rings. The summed E-state index contributed by atoms with van der Waals surface area (Å²) >= 11 is 0. The zero-order valence-corrected chi connectivity index (χ0v) is 9.52. The van der Waals surface area contributed by atoms with Gasteiger partial charge < -0.3 is 10.2 Å². The number of hydrogen-bond acceptors (Lipinski definition) is 3. The van der Waals surface area contributed by atoms with Crippen LogP contribution in [0.2, 0.25) is 0 Å². The lowest BCUT2D eigenvalue weighted by Crippen LogP contribution is -2.31. The highest BCUT2D eigenvalue weighted by Gasteiger charge is 2.10. The molecule has 0 unspecified atom stereocenters. The summed E-state index contributed by atoms with van der Waals surface area (Å²) in [6.45, 7) is 3.91. The Kier molecular flexibility index (Phi) is 4.36. The number of rotatable bonds is 4. The molecule has 2 N–H and O–H groups in total. The Morgan fingerprint density at radius 3 is 2.55 bits per heavy atom. The zero-order chi connectivity index (χ0) is 8.91. The van der Waals surface area contributed by atoms with E-state index >= 15 is 0 Å². The zero-order valence-electron chi connectivity index (χ0n) is 7.52. The van der Waals surface area contributed by atoms with Crippen LogP contribution in [0, 0.1) is 0 Å². The van der Waals surface area contributed by atoms with E-state index in [-0.39, 0.29) is 11.5 Å². The highest BCUT2D eigenvalue weighted by atomic mass is 28.2. The lowest BCUT2D eigenvalue weighted by Gasteiger charge is -2.17. The standard InChI is InChI=1S/C7H17NO2Si/c1-7(2,8)5-3-4-6(9)10-11/h3-5,8H2,1-2,11H3. The van der Waals surface area contributed by atoms with Gasteiger partial charge in [-0.25, -0.2) is 0 Å². The third-order valence-corrected chi connectivity index (χ3v) is 1.89. The second-order valence-corrected chi connectivity index (χ2v) is 3.83. The lowest BCUT2D eigenvalue weighted by molar-refractivity contribution is -0.134. The fourth-order valence-corrected chi connectivity index (χ4v) is 0.995. The van der Waals surface area contributed by atoms with Crippen molar-refractivity contribution >= 4 is 16.5 Å². The van der Waals surface area contributed by atoms with E-state index in [4.69, 9.17) is 5.73 Å². The molecule has 0 amide bonds. The number of nitrogens with two attached hydrogens (primary N) is 1. The Morgan fingerprint density at radius 1 is 1.64 bits per heavy atom. The molecule has 0 spiro atoms. The summed E-state index contributed by atoms with van der Waals surface area (Å²) in [5.74, 6) is -0.0964. The van der Waals surface area contributed by atoms with Crippen molar-refractivity contribution in [3.05, 3.63) is 0 Å². The first-order valence-electron chi connectivity index (χ1n) is 3.81. The monoisotopic (exact) mass is 175 g/mol. The van der Waals surface area contributed by atoms with E-state index in [0.29, 0.717) is 16.9 Å². The molecule has 0 aromatic heterocycles. The fourth-order valence-electron chi connectivity index (χ4n) is 0.790. The van der Waals surface area contributed by atoms with Crippen molar-refractivity contribution in [1.29, 1.82) is 0 Å². The van der Waals surface area contributed by atoms with E-state index in [9.17, 15) is 4.79 Å². The Bertz CT molecular complexity index is 131. The molecule has 0 aliphatic rings. The summed E-state index contributed by atoms with van der Waals surface area (Å²) in [5, 5.41) is 0. The highest BCUT2D eigenvalue weighted by Crippen LogP contribution is 2.09. The third kappa shape index (κ3) is 7.54. The first-order valence-corrected chi connectivity index (χ1v) is 4.63. The van der Waals surface area contributed by atoms with E-state index in [2.05, 4.69) is 4.43 Å². The predicted octanol–water partition coefficient (Wildman–Crippen LogP) is -0.282. The van der Waals surface area contributed by atoms with Gasteiger partial charge in [0.25, 0.3) is 5.97 Å². The van der Waals surface area contributed by atoms with Crippen LogP contribution in [-0.4, -0.2) is 22.0 Å². The van der Waals surface area contributed by atoms with E-state index in [1.165, 1.54) is 0 Å². The van der Waals surface area contributed by atoms with Gasteiger partial charge in [0.2, 0.25) is 10.5 Å². The quantitative estimate of drug-likeness (QED) is 0.598. The summed E-state index contributed by atoms with van der Waals surface area (Å²) in [5.41, 5.74) is 5.56. The van der Waals surface area contributed by atoms with Gasteiger partial charge in [-0.1, -0.05) is 0 Å². The molecule has 66 valence electrons. The van der Waals surface area contributed by atoms with Gasteiger partial charge in [-0.05, 0) is 26.7 Å². The Balaban J connectivity index is 3.35. The molecule has 0 saturated heterocycles. The van der Waals surface area contributed by atoms with Crippen LogP contribution in [0.25, 0.3) is 0 Å². The minimum atomic E-state index is -0.161. The minimum Gasteiger partial charge on any atom is -0.529 e. The number of carbonyl (C=O) groups is 1. The maximum absolute atomic E-state index is 10.7. The second-order valence-electron chi connectivity index (χ2n) is 3.42. The van der Waals surface area contributed by atoms with Crippen LogP contribution in [-0.2, 0) is 9.22 Å². The minimum absolute atomic E-state index is 0.0964. The normalized spacial score (nSPS) is 11.5. The molecular weight excluding hydrogens is 158 g/mol. The van der Waals surface area contributed by atoms with Gasteiger partial charge >= 0.3 is 0 Å². The van der Waals surface area contributed by atoms with Crippen molar-refractivity contribution in [3.8, 4) is 0 Å². The molecule has 0 rings (SSSR count). The molecule has 0 atom stereocenters. The summed E-state index contributed by atoms with van der Waals surface area (Å²) in [7, 11) is 0.498. The van der Waals surface area contributed by atoms with Crippen LogP contribution in [0.5, 0.6) is 0 Å². The molecule has 0 saturated carbocycles. The molecule has 4 heteroatoms. The highest BCUT2D eigenvalue weighted by molar-refractivity contribution is 6.05. The maximum atomic E-state index is 10.7. The summed E-state index contributed by atoms with van der Waals surface area (Å²) < 4.78 is 4.62. The SMILES string of the molecule is CC(C)(N)CCCC(=O)O[SiH3]. The fraction of sp³-hybridized carbons (Fsp3) is 0.857. The van der Waals surface area contributed by atoms with Gasteiger partial charge in [0.05, 0.1) is 0 Å². The van der Waals surface area contributed by atoms with Gasteiger partial charge in [0.15, 0.2) is 0 Å². The summed E-state index contributed by atoms with van der Waals surface area (Å²) in [6, 6.07) is 0. The van der Waals surface area contributed by atoms with Crippen LogP contribution in [0.15, 0.2) is 0 Å². The largest absolute Gasteiger partial charge is 0.529 e. The van der Waals surface area contributed by atoms with Crippen LogP contribution < -0.4 is 5.73 Å². The molecule has 11 heavy (non-hydrogen) atoms. The Labute approximate surface area is 70.8 Å². The molecule has 0 bridgehead atoms. The average Bonchev–Trinajstić information content (AvgIpc) is 1.85. The lowest BCUT2D eigenvalue weighted by atomic mass is 9.99. The van der Waals surface area contributed by atoms with E-state index in [1.807, 2.05) is 13.8 Å². The maximum Gasteiger partial charge on any atom is 0.291 e. The summed E-state index contributed by atoms with van der Waals surface area (Å²) in [4.78, 5) is 10.7. The first-order chi connectivity index (χ1) is 4.95. The molecule has 0 aliphatic carbocycles. The molecule has 3 nitrogen and oxygen atoms in total. The molecular formula is C7H17NO2Si. The van der Waals surface area contributed by atoms with Gasteiger partial charge in [0, 0.05) is 12.0 Å². The van der Waals surface area contributed by atoms with Crippen molar-refractivity contribution in [1.82, 2.24) is 0 Å². The molecule has 0 radical (unpaired) electrons. The first kappa shape index (κ1) is 10.6. The third-order valence-electron chi connectivity index (χ3n) is 1.43. The van der Waals surface area contributed by atoms with Gasteiger partial charge in [0.1, 0.15) is 0 Å². The van der Waals surface area contributed by atoms with Crippen LogP contribution in [0.3, 0.4) is 0 Å². The molecule has 0 fully saturated rings. The number of hydrogen-bond donors (Lipinski definition) is 1. The van der Waals surface area contributed by atoms with Crippen molar-refractivity contribution < 1.29 is 9.22 Å². The predicted molar refractivity (Wildman–Crippen MR) is 48.1 cm³/mol. The Morgan fingerprint density at radius 2 is 2.18 bits per heavy atom. The van der Waals surface area contributed by atoms with E-state index < -0.39 is 0 Å².